The molecule has 2 rings (SSSR count). The molecule has 0 fully saturated rings. The Morgan fingerprint density at radius 3 is 2.33 bits per heavy atom. The maximum atomic E-state index is 12.9. The molecule has 21 heavy (non-hydrogen) atoms. The zero-order valence-corrected chi connectivity index (χ0v) is 11.2. The second-order valence-corrected chi connectivity index (χ2v) is 4.32. The minimum atomic E-state index is -1.13. The summed E-state index contributed by atoms with van der Waals surface area (Å²) in [4.78, 5) is 24.4. The van der Waals surface area contributed by atoms with Crippen molar-refractivity contribution in [1.29, 1.82) is 0 Å². The Morgan fingerprint density at radius 2 is 1.71 bits per heavy atom. The van der Waals surface area contributed by atoms with Crippen LogP contribution >= 0.6 is 0 Å². The highest BCUT2D eigenvalue weighted by molar-refractivity contribution is 6.05. The molecule has 0 spiro atoms. The molecule has 0 aromatic heterocycles. The second-order valence-electron chi connectivity index (χ2n) is 4.32. The fourth-order valence-corrected chi connectivity index (χ4v) is 1.76. The van der Waals surface area contributed by atoms with Crippen LogP contribution < -0.4 is 10.2 Å². The van der Waals surface area contributed by atoms with Crippen LogP contribution in [0.3, 0.4) is 0 Å². The van der Waals surface area contributed by atoms with Crippen molar-refractivity contribution in [3.05, 3.63) is 59.9 Å². The molecule has 0 aliphatic heterocycles. The number of para-hydroxylation sites is 1. The van der Waals surface area contributed by atoms with Crippen molar-refractivity contribution in [2.24, 2.45) is 0 Å². The zero-order valence-electron chi connectivity index (χ0n) is 11.2. The number of carbonyl (C=O) groups is 2. The average Bonchev–Trinajstić information content (AvgIpc) is 2.47. The van der Waals surface area contributed by atoms with Gasteiger partial charge >= 0.3 is 12.0 Å². The highest BCUT2D eigenvalue weighted by Gasteiger charge is 2.15. The summed E-state index contributed by atoms with van der Waals surface area (Å²) in [5, 5.41) is 11.6. The van der Waals surface area contributed by atoms with E-state index >= 15 is 0 Å². The first-order chi connectivity index (χ1) is 9.99. The van der Waals surface area contributed by atoms with Gasteiger partial charge in [0.25, 0.3) is 0 Å². The first-order valence-corrected chi connectivity index (χ1v) is 6.11. The van der Waals surface area contributed by atoms with Crippen molar-refractivity contribution in [1.82, 2.24) is 0 Å². The van der Waals surface area contributed by atoms with Crippen LogP contribution in [0, 0.1) is 5.82 Å². The highest BCUT2D eigenvalue weighted by atomic mass is 19.1. The predicted octanol–water partition coefficient (Wildman–Crippen LogP) is 3.19. The van der Waals surface area contributed by atoms with E-state index in [-0.39, 0.29) is 11.3 Å². The number of anilines is 2. The van der Waals surface area contributed by atoms with Gasteiger partial charge in [-0.25, -0.2) is 14.0 Å². The van der Waals surface area contributed by atoms with E-state index in [9.17, 15) is 14.0 Å². The van der Waals surface area contributed by atoms with Crippen LogP contribution in [0.5, 0.6) is 0 Å². The van der Waals surface area contributed by atoms with Gasteiger partial charge in [0.15, 0.2) is 0 Å². The SMILES string of the molecule is CN(C(=O)Nc1ccccc1C(=O)O)c1ccc(F)cc1. The van der Waals surface area contributed by atoms with Gasteiger partial charge < -0.3 is 10.4 Å². The van der Waals surface area contributed by atoms with Crippen LogP contribution in [-0.4, -0.2) is 24.2 Å². The summed E-state index contributed by atoms with van der Waals surface area (Å²) in [7, 11) is 1.51. The molecule has 6 heteroatoms. The summed E-state index contributed by atoms with van der Waals surface area (Å²) in [6.45, 7) is 0. The first-order valence-electron chi connectivity index (χ1n) is 6.11. The van der Waals surface area contributed by atoms with Crippen LogP contribution in [0.1, 0.15) is 10.4 Å². The van der Waals surface area contributed by atoms with Crippen LogP contribution in [0.15, 0.2) is 48.5 Å². The summed E-state index contributed by atoms with van der Waals surface area (Å²) in [6.07, 6.45) is 0. The number of carboxylic acid groups (broad SMARTS) is 1. The molecule has 2 N–H and O–H groups in total. The van der Waals surface area contributed by atoms with Gasteiger partial charge in [0.1, 0.15) is 5.82 Å². The summed E-state index contributed by atoms with van der Waals surface area (Å²) < 4.78 is 12.9. The van der Waals surface area contributed by atoms with Gasteiger partial charge in [-0.05, 0) is 36.4 Å². The molecule has 0 aliphatic carbocycles. The van der Waals surface area contributed by atoms with Crippen molar-refractivity contribution in [2.75, 3.05) is 17.3 Å². The third-order valence-electron chi connectivity index (χ3n) is 2.92. The Bertz CT molecular complexity index is 671. The summed E-state index contributed by atoms with van der Waals surface area (Å²) >= 11 is 0. The predicted molar refractivity (Wildman–Crippen MR) is 77.2 cm³/mol. The van der Waals surface area contributed by atoms with Gasteiger partial charge in [-0.3, -0.25) is 4.90 Å². The minimum absolute atomic E-state index is 0.00152. The van der Waals surface area contributed by atoms with Gasteiger partial charge in [0.05, 0.1) is 11.3 Å². The van der Waals surface area contributed by atoms with Crippen LogP contribution in [0.2, 0.25) is 0 Å². The second kappa shape index (κ2) is 6.04. The molecule has 0 aliphatic rings. The third-order valence-corrected chi connectivity index (χ3v) is 2.92. The molecule has 0 unspecified atom stereocenters. The smallest absolute Gasteiger partial charge is 0.337 e. The maximum Gasteiger partial charge on any atom is 0.337 e. The monoisotopic (exact) mass is 288 g/mol. The fourth-order valence-electron chi connectivity index (χ4n) is 1.76. The van der Waals surface area contributed by atoms with Gasteiger partial charge in [0, 0.05) is 12.7 Å². The molecule has 2 amide bonds. The molecule has 0 bridgehead atoms. The van der Waals surface area contributed by atoms with Gasteiger partial charge in [0.2, 0.25) is 0 Å². The molecule has 2 aromatic carbocycles. The largest absolute Gasteiger partial charge is 0.478 e. The van der Waals surface area contributed by atoms with E-state index in [4.69, 9.17) is 5.11 Å². The lowest BCUT2D eigenvalue weighted by molar-refractivity contribution is 0.0698. The minimum Gasteiger partial charge on any atom is -0.478 e. The zero-order chi connectivity index (χ0) is 15.4. The number of hydrogen-bond donors (Lipinski definition) is 2. The molecule has 2 aromatic rings. The number of carbonyl (C=O) groups excluding carboxylic acids is 1. The van der Waals surface area contributed by atoms with E-state index in [0.717, 1.165) is 0 Å². The summed E-state index contributed by atoms with van der Waals surface area (Å²) in [6, 6.07) is 11.0. The number of benzene rings is 2. The van der Waals surface area contributed by atoms with Crippen LogP contribution in [0.25, 0.3) is 0 Å². The number of nitrogens with zero attached hydrogens (tertiary/aromatic N) is 1. The Balaban J connectivity index is 2.18. The Kier molecular flexibility index (Phi) is 4.18. The van der Waals surface area contributed by atoms with E-state index < -0.39 is 17.8 Å². The van der Waals surface area contributed by atoms with E-state index in [0.29, 0.717) is 5.69 Å². The lowest BCUT2D eigenvalue weighted by Gasteiger charge is -2.18. The number of carboxylic acids is 1. The molecule has 0 atom stereocenters. The van der Waals surface area contributed by atoms with Crippen LogP contribution in [0.4, 0.5) is 20.6 Å². The van der Waals surface area contributed by atoms with Gasteiger partial charge in [-0.15, -0.1) is 0 Å². The summed E-state index contributed by atoms with van der Waals surface area (Å²) in [5.41, 5.74) is 0.684. The van der Waals surface area contributed by atoms with Gasteiger partial charge in [-0.1, -0.05) is 12.1 Å². The van der Waals surface area contributed by atoms with E-state index in [1.54, 1.807) is 12.1 Å². The molecule has 108 valence electrons. The maximum absolute atomic E-state index is 12.9. The highest BCUT2D eigenvalue weighted by Crippen LogP contribution is 2.18. The van der Waals surface area contributed by atoms with E-state index in [2.05, 4.69) is 5.32 Å². The van der Waals surface area contributed by atoms with Gasteiger partial charge in [-0.2, -0.15) is 0 Å². The molecular formula is C15H13FN2O3. The first kappa shape index (κ1) is 14.5. The molecule has 5 nitrogen and oxygen atoms in total. The topological polar surface area (TPSA) is 69.6 Å². The third kappa shape index (κ3) is 3.36. The standard InChI is InChI=1S/C15H13FN2O3/c1-18(11-8-6-10(16)7-9-11)15(21)17-13-5-3-2-4-12(13)14(19)20/h2-9H,1H3,(H,17,21)(H,19,20). The number of nitrogens with one attached hydrogen (secondary N) is 1. The average molecular weight is 288 g/mol. The Labute approximate surface area is 120 Å². The number of aromatic carboxylic acids is 1. The number of amides is 2. The molecular weight excluding hydrogens is 275 g/mol. The Hall–Kier alpha value is -2.89. The number of rotatable bonds is 3. The lowest BCUT2D eigenvalue weighted by Crippen LogP contribution is -2.31. The quantitative estimate of drug-likeness (QED) is 0.911. The molecule has 0 saturated heterocycles. The van der Waals surface area contributed by atoms with E-state index in [1.807, 2.05) is 0 Å². The number of halogens is 1. The summed E-state index contributed by atoms with van der Waals surface area (Å²) in [5.74, 6) is -1.53. The molecule has 0 radical (unpaired) electrons. The fraction of sp³-hybridized carbons (Fsp3) is 0.0667. The van der Waals surface area contributed by atoms with E-state index in [1.165, 1.54) is 48.3 Å². The lowest BCUT2D eigenvalue weighted by atomic mass is 10.2. The van der Waals surface area contributed by atoms with Crippen molar-refractivity contribution in [3.8, 4) is 0 Å². The molecule has 0 heterocycles. The normalized spacial score (nSPS) is 10.0. The van der Waals surface area contributed by atoms with Crippen molar-refractivity contribution >= 4 is 23.4 Å². The Morgan fingerprint density at radius 1 is 1.10 bits per heavy atom. The number of hydrogen-bond acceptors (Lipinski definition) is 2. The number of urea groups is 1. The van der Waals surface area contributed by atoms with Crippen LogP contribution in [-0.2, 0) is 0 Å². The van der Waals surface area contributed by atoms with Crippen molar-refractivity contribution in [3.63, 3.8) is 0 Å². The molecule has 0 saturated carbocycles. The van der Waals surface area contributed by atoms with Crippen molar-refractivity contribution in [2.45, 2.75) is 0 Å². The van der Waals surface area contributed by atoms with Crippen molar-refractivity contribution < 1.29 is 19.1 Å².